The molecule has 1 N–H and O–H groups in total. The molecule has 0 aromatic heterocycles. The maximum Gasteiger partial charge on any atom is 0.178 e. The van der Waals surface area contributed by atoms with Crippen molar-refractivity contribution in [2.75, 3.05) is 25.1 Å². The third-order valence-electron chi connectivity index (χ3n) is 4.93. The summed E-state index contributed by atoms with van der Waals surface area (Å²) in [5.41, 5.74) is 0.102. The van der Waals surface area contributed by atoms with E-state index >= 15 is 0 Å². The molecule has 130 valence electrons. The van der Waals surface area contributed by atoms with Gasteiger partial charge in [-0.25, -0.2) is 16.8 Å². The molecule has 0 saturated carbocycles. The van der Waals surface area contributed by atoms with Crippen molar-refractivity contribution in [3.8, 4) is 0 Å². The van der Waals surface area contributed by atoms with E-state index in [-0.39, 0.29) is 21.0 Å². The molecule has 0 amide bonds. The number of rotatable bonds is 6. The SMILES string of the molecule is CCC1(CCS(=O)(=O)c2ccc(S(C)(=O)=O)cc2)CCNCC1. The molecule has 0 spiro atoms. The number of benzene rings is 1. The second-order valence-electron chi connectivity index (χ2n) is 6.42. The van der Waals surface area contributed by atoms with Crippen LogP contribution in [0.2, 0.25) is 0 Å². The van der Waals surface area contributed by atoms with Crippen molar-refractivity contribution < 1.29 is 16.8 Å². The first kappa shape index (κ1) is 18.4. The Morgan fingerprint density at radius 1 is 1.00 bits per heavy atom. The predicted molar refractivity (Wildman–Crippen MR) is 91.0 cm³/mol. The second-order valence-corrected chi connectivity index (χ2v) is 10.5. The monoisotopic (exact) mass is 359 g/mol. The van der Waals surface area contributed by atoms with Crippen LogP contribution in [0.4, 0.5) is 0 Å². The molecular formula is C16H25NO4S2. The molecule has 5 nitrogen and oxygen atoms in total. The van der Waals surface area contributed by atoms with Crippen LogP contribution in [0.5, 0.6) is 0 Å². The minimum atomic E-state index is -3.39. The van der Waals surface area contributed by atoms with Gasteiger partial charge in [0.25, 0.3) is 0 Å². The zero-order valence-corrected chi connectivity index (χ0v) is 15.3. The highest BCUT2D eigenvalue weighted by atomic mass is 32.2. The molecule has 1 aromatic carbocycles. The summed E-state index contributed by atoms with van der Waals surface area (Å²) in [7, 11) is -6.70. The van der Waals surface area contributed by atoms with Crippen molar-refractivity contribution in [2.24, 2.45) is 5.41 Å². The number of sulfone groups is 2. The summed E-state index contributed by atoms with van der Waals surface area (Å²) in [6.07, 6.45) is 4.76. The standard InChI is InChI=1S/C16H25NO4S2/c1-3-16(8-11-17-12-9-16)10-13-23(20,21)15-6-4-14(5-7-15)22(2,18)19/h4-7,17H,3,8-13H2,1-2H3. The highest BCUT2D eigenvalue weighted by Crippen LogP contribution is 2.37. The van der Waals surface area contributed by atoms with Gasteiger partial charge in [0.2, 0.25) is 0 Å². The van der Waals surface area contributed by atoms with Crippen LogP contribution in [0.25, 0.3) is 0 Å². The van der Waals surface area contributed by atoms with Gasteiger partial charge >= 0.3 is 0 Å². The van der Waals surface area contributed by atoms with E-state index in [0.717, 1.165) is 38.6 Å². The van der Waals surface area contributed by atoms with Crippen molar-refractivity contribution in [1.82, 2.24) is 5.32 Å². The summed E-state index contributed by atoms with van der Waals surface area (Å²) in [6.45, 7) is 4.01. The smallest absolute Gasteiger partial charge is 0.178 e. The summed E-state index contributed by atoms with van der Waals surface area (Å²) in [6, 6.07) is 5.52. The van der Waals surface area contributed by atoms with Crippen molar-refractivity contribution >= 4 is 19.7 Å². The van der Waals surface area contributed by atoms with Gasteiger partial charge in [-0.05, 0) is 62.0 Å². The zero-order chi connectivity index (χ0) is 17.1. The maximum absolute atomic E-state index is 12.5. The lowest BCUT2D eigenvalue weighted by Gasteiger charge is -2.37. The average molecular weight is 360 g/mol. The zero-order valence-electron chi connectivity index (χ0n) is 13.7. The fourth-order valence-electron chi connectivity index (χ4n) is 3.10. The molecule has 0 aliphatic carbocycles. The molecular weight excluding hydrogens is 334 g/mol. The minimum Gasteiger partial charge on any atom is -0.317 e. The van der Waals surface area contributed by atoms with E-state index in [9.17, 15) is 16.8 Å². The van der Waals surface area contributed by atoms with E-state index in [4.69, 9.17) is 0 Å². The summed E-state index contributed by atoms with van der Waals surface area (Å²) in [4.78, 5) is 0.338. The molecule has 1 aliphatic rings. The predicted octanol–water partition coefficient (Wildman–Crippen LogP) is 2.03. The average Bonchev–Trinajstić information content (AvgIpc) is 2.53. The van der Waals surface area contributed by atoms with Crippen LogP contribution in [-0.2, 0) is 19.7 Å². The first-order chi connectivity index (χ1) is 10.7. The molecule has 0 bridgehead atoms. The first-order valence-electron chi connectivity index (χ1n) is 7.92. The number of piperidine rings is 1. The fraction of sp³-hybridized carbons (Fsp3) is 0.625. The number of nitrogens with one attached hydrogen (secondary N) is 1. The molecule has 23 heavy (non-hydrogen) atoms. The van der Waals surface area contributed by atoms with E-state index in [1.165, 1.54) is 24.3 Å². The van der Waals surface area contributed by atoms with Gasteiger partial charge in [-0.3, -0.25) is 0 Å². The molecule has 2 rings (SSSR count). The molecule has 7 heteroatoms. The fourth-order valence-corrected chi connectivity index (χ4v) is 5.22. The molecule has 1 saturated heterocycles. The summed E-state index contributed by atoms with van der Waals surface area (Å²) >= 11 is 0. The lowest BCUT2D eigenvalue weighted by molar-refractivity contribution is 0.186. The van der Waals surface area contributed by atoms with Gasteiger partial charge in [-0.15, -0.1) is 0 Å². The Bertz CT molecular complexity index is 731. The lowest BCUT2D eigenvalue weighted by Crippen LogP contribution is -2.37. The Labute approximate surface area is 139 Å². The molecule has 1 heterocycles. The highest BCUT2D eigenvalue weighted by Gasteiger charge is 2.31. The van der Waals surface area contributed by atoms with Gasteiger partial charge in [-0.2, -0.15) is 0 Å². The summed E-state index contributed by atoms with van der Waals surface area (Å²) in [5, 5.41) is 3.32. The van der Waals surface area contributed by atoms with Crippen LogP contribution < -0.4 is 5.32 Å². The summed E-state index contributed by atoms with van der Waals surface area (Å²) in [5.74, 6) is 0.110. The van der Waals surface area contributed by atoms with Crippen molar-refractivity contribution in [1.29, 1.82) is 0 Å². The van der Waals surface area contributed by atoms with Gasteiger partial charge in [0, 0.05) is 6.26 Å². The van der Waals surface area contributed by atoms with Crippen LogP contribution in [0.1, 0.15) is 32.6 Å². The van der Waals surface area contributed by atoms with Gasteiger partial charge < -0.3 is 5.32 Å². The number of hydrogen-bond donors (Lipinski definition) is 1. The quantitative estimate of drug-likeness (QED) is 0.841. The lowest BCUT2D eigenvalue weighted by atomic mass is 9.75. The van der Waals surface area contributed by atoms with Crippen LogP contribution in [0, 0.1) is 5.41 Å². The molecule has 0 unspecified atom stereocenters. The van der Waals surface area contributed by atoms with Gasteiger partial charge in [0.1, 0.15) is 0 Å². The van der Waals surface area contributed by atoms with Crippen molar-refractivity contribution in [3.63, 3.8) is 0 Å². The van der Waals surface area contributed by atoms with E-state index < -0.39 is 19.7 Å². The molecule has 1 aliphatic heterocycles. The molecule has 0 radical (unpaired) electrons. The van der Waals surface area contributed by atoms with E-state index in [0.29, 0.717) is 6.42 Å². The minimum absolute atomic E-state index is 0.102. The van der Waals surface area contributed by atoms with Crippen LogP contribution in [0.15, 0.2) is 34.1 Å². The first-order valence-corrected chi connectivity index (χ1v) is 11.5. The van der Waals surface area contributed by atoms with Crippen molar-refractivity contribution in [3.05, 3.63) is 24.3 Å². The van der Waals surface area contributed by atoms with Gasteiger partial charge in [-0.1, -0.05) is 13.3 Å². The molecule has 1 fully saturated rings. The van der Waals surface area contributed by atoms with E-state index in [2.05, 4.69) is 12.2 Å². The second kappa shape index (κ2) is 6.91. The summed E-state index contributed by atoms with van der Waals surface area (Å²) < 4.78 is 48.0. The number of hydrogen-bond acceptors (Lipinski definition) is 5. The Hall–Kier alpha value is -0.920. The van der Waals surface area contributed by atoms with Crippen LogP contribution >= 0.6 is 0 Å². The highest BCUT2D eigenvalue weighted by molar-refractivity contribution is 7.91. The largest absolute Gasteiger partial charge is 0.317 e. The molecule has 1 aromatic rings. The van der Waals surface area contributed by atoms with E-state index in [1.807, 2.05) is 0 Å². The van der Waals surface area contributed by atoms with Crippen LogP contribution in [-0.4, -0.2) is 41.9 Å². The Kier molecular flexibility index (Phi) is 5.53. The maximum atomic E-state index is 12.5. The third kappa shape index (κ3) is 4.55. The van der Waals surface area contributed by atoms with Gasteiger partial charge in [0.05, 0.1) is 15.5 Å². The third-order valence-corrected chi connectivity index (χ3v) is 7.79. The van der Waals surface area contributed by atoms with Gasteiger partial charge in [0.15, 0.2) is 19.7 Å². The normalized spacial score (nSPS) is 18.7. The van der Waals surface area contributed by atoms with E-state index in [1.54, 1.807) is 0 Å². The topological polar surface area (TPSA) is 80.3 Å². The van der Waals surface area contributed by atoms with Crippen LogP contribution in [0.3, 0.4) is 0 Å². The Balaban J connectivity index is 2.12. The Morgan fingerprint density at radius 2 is 1.52 bits per heavy atom. The molecule has 0 atom stereocenters. The Morgan fingerprint density at radius 3 is 2.00 bits per heavy atom. The van der Waals surface area contributed by atoms with Crippen molar-refractivity contribution in [2.45, 2.75) is 42.4 Å².